The summed E-state index contributed by atoms with van der Waals surface area (Å²) in [5.41, 5.74) is 0.656. The molecular formula is C15H18N4O2S. The fourth-order valence-electron chi connectivity index (χ4n) is 2.56. The Bertz CT molecular complexity index is 691. The molecular weight excluding hydrogens is 300 g/mol. The van der Waals surface area contributed by atoms with Gasteiger partial charge in [0.15, 0.2) is 0 Å². The zero-order valence-electron chi connectivity index (χ0n) is 12.3. The molecule has 2 N–H and O–H groups in total. The molecule has 0 radical (unpaired) electrons. The third kappa shape index (κ3) is 3.05. The Balaban J connectivity index is 1.34. The number of carbonyl (C=O) groups is 1. The van der Waals surface area contributed by atoms with Crippen molar-refractivity contribution >= 4 is 23.3 Å². The van der Waals surface area contributed by atoms with E-state index in [1.807, 2.05) is 11.4 Å². The van der Waals surface area contributed by atoms with Gasteiger partial charge in [-0.05, 0) is 37.8 Å². The van der Waals surface area contributed by atoms with Crippen molar-refractivity contribution < 1.29 is 9.21 Å². The molecule has 116 valence electrons. The van der Waals surface area contributed by atoms with Gasteiger partial charge < -0.3 is 9.73 Å². The number of anilines is 1. The highest BCUT2D eigenvalue weighted by Gasteiger charge is 2.40. The minimum absolute atomic E-state index is 0.144. The summed E-state index contributed by atoms with van der Waals surface area (Å²) in [4.78, 5) is 13.4. The van der Waals surface area contributed by atoms with Crippen LogP contribution in [-0.4, -0.2) is 28.7 Å². The van der Waals surface area contributed by atoms with Crippen LogP contribution in [0.15, 0.2) is 15.9 Å². The number of aryl methyl sites for hydroxylation is 1. The van der Waals surface area contributed by atoms with Gasteiger partial charge in [0.1, 0.15) is 0 Å². The van der Waals surface area contributed by atoms with E-state index in [9.17, 15) is 4.79 Å². The minimum atomic E-state index is -0.200. The van der Waals surface area contributed by atoms with E-state index in [0.29, 0.717) is 23.4 Å². The molecule has 2 atom stereocenters. The van der Waals surface area contributed by atoms with Crippen LogP contribution >= 0.6 is 11.3 Å². The summed E-state index contributed by atoms with van der Waals surface area (Å²) in [6, 6.07) is 2.71. The SMILES string of the molecule is Cc1nnc(NC(=O)c2csc(C3CC3NCC3CC3)c2)o1. The maximum absolute atomic E-state index is 12.1. The molecule has 6 nitrogen and oxygen atoms in total. The van der Waals surface area contributed by atoms with Gasteiger partial charge in [0.2, 0.25) is 5.89 Å². The lowest BCUT2D eigenvalue weighted by Crippen LogP contribution is -2.20. The molecule has 0 aliphatic heterocycles. The van der Waals surface area contributed by atoms with Gasteiger partial charge in [-0.1, -0.05) is 5.10 Å². The van der Waals surface area contributed by atoms with E-state index in [0.717, 1.165) is 12.5 Å². The molecule has 2 fully saturated rings. The summed E-state index contributed by atoms with van der Waals surface area (Å²) >= 11 is 1.65. The standard InChI is InChI=1S/C15H18N4O2S/c1-8-18-19-15(21-8)17-14(20)10-4-13(22-7-10)11-5-12(11)16-6-9-2-3-9/h4,7,9,11-12,16H,2-3,5-6H2,1H3,(H,17,19,20). The first kappa shape index (κ1) is 13.9. The summed E-state index contributed by atoms with van der Waals surface area (Å²) in [6.45, 7) is 2.84. The van der Waals surface area contributed by atoms with E-state index >= 15 is 0 Å². The summed E-state index contributed by atoms with van der Waals surface area (Å²) < 4.78 is 5.16. The van der Waals surface area contributed by atoms with Crippen molar-refractivity contribution in [3.05, 3.63) is 27.8 Å². The smallest absolute Gasteiger partial charge is 0.322 e. The summed E-state index contributed by atoms with van der Waals surface area (Å²) in [7, 11) is 0. The number of carbonyl (C=O) groups excluding carboxylic acids is 1. The number of aromatic nitrogens is 2. The molecule has 0 bridgehead atoms. The first-order chi connectivity index (χ1) is 10.7. The highest BCUT2D eigenvalue weighted by molar-refractivity contribution is 7.10. The van der Waals surface area contributed by atoms with Gasteiger partial charge in [-0.25, -0.2) is 0 Å². The number of nitrogens with zero attached hydrogens (tertiary/aromatic N) is 2. The predicted molar refractivity (Wildman–Crippen MR) is 83.2 cm³/mol. The fourth-order valence-corrected chi connectivity index (χ4v) is 3.63. The third-order valence-electron chi connectivity index (χ3n) is 4.15. The number of nitrogens with one attached hydrogen (secondary N) is 2. The number of rotatable bonds is 6. The maximum Gasteiger partial charge on any atom is 0.322 e. The number of hydrogen-bond donors (Lipinski definition) is 2. The van der Waals surface area contributed by atoms with Crippen molar-refractivity contribution in [2.45, 2.75) is 38.1 Å². The molecule has 2 aliphatic rings. The molecule has 4 rings (SSSR count). The van der Waals surface area contributed by atoms with E-state index in [1.165, 1.54) is 24.1 Å². The quantitative estimate of drug-likeness (QED) is 0.855. The number of hydrogen-bond acceptors (Lipinski definition) is 6. The molecule has 2 heterocycles. The normalized spacial score (nSPS) is 23.5. The van der Waals surface area contributed by atoms with Crippen LogP contribution in [0.4, 0.5) is 6.01 Å². The van der Waals surface area contributed by atoms with E-state index in [4.69, 9.17) is 4.42 Å². The zero-order valence-corrected chi connectivity index (χ0v) is 13.2. The fraction of sp³-hybridized carbons (Fsp3) is 0.533. The molecule has 2 aromatic heterocycles. The Hall–Kier alpha value is -1.73. The first-order valence-electron chi connectivity index (χ1n) is 7.62. The second kappa shape index (κ2) is 5.48. The first-order valence-corrected chi connectivity index (χ1v) is 8.50. The highest BCUT2D eigenvalue weighted by atomic mass is 32.1. The van der Waals surface area contributed by atoms with Gasteiger partial charge in [0.05, 0.1) is 5.56 Å². The van der Waals surface area contributed by atoms with Gasteiger partial charge in [-0.3, -0.25) is 10.1 Å². The molecule has 7 heteroatoms. The number of thiophene rings is 1. The van der Waals surface area contributed by atoms with Crippen molar-refractivity contribution in [2.75, 3.05) is 11.9 Å². The molecule has 22 heavy (non-hydrogen) atoms. The summed E-state index contributed by atoms with van der Waals surface area (Å²) in [5, 5.41) is 15.6. The molecule has 2 aliphatic carbocycles. The Morgan fingerprint density at radius 2 is 2.32 bits per heavy atom. The Labute approximate surface area is 132 Å². The second-order valence-electron chi connectivity index (χ2n) is 6.12. The number of amides is 1. The topological polar surface area (TPSA) is 80.0 Å². The van der Waals surface area contributed by atoms with Gasteiger partial charge in [-0.2, -0.15) is 0 Å². The van der Waals surface area contributed by atoms with Crippen LogP contribution in [-0.2, 0) is 0 Å². The van der Waals surface area contributed by atoms with Crippen LogP contribution in [0.1, 0.15) is 46.3 Å². The average molecular weight is 318 g/mol. The summed E-state index contributed by atoms with van der Waals surface area (Å²) in [6.07, 6.45) is 3.93. The molecule has 0 saturated heterocycles. The van der Waals surface area contributed by atoms with Crippen LogP contribution in [0.3, 0.4) is 0 Å². The van der Waals surface area contributed by atoms with E-state index in [-0.39, 0.29) is 11.9 Å². The Morgan fingerprint density at radius 3 is 3.05 bits per heavy atom. The second-order valence-corrected chi connectivity index (χ2v) is 7.06. The predicted octanol–water partition coefficient (Wildman–Crippen LogP) is 2.55. The third-order valence-corrected chi connectivity index (χ3v) is 5.21. The van der Waals surface area contributed by atoms with Crippen molar-refractivity contribution in [3.8, 4) is 0 Å². The summed E-state index contributed by atoms with van der Waals surface area (Å²) in [5.74, 6) is 1.71. The van der Waals surface area contributed by atoms with Crippen LogP contribution < -0.4 is 10.6 Å². The van der Waals surface area contributed by atoms with Crippen molar-refractivity contribution in [2.24, 2.45) is 5.92 Å². The van der Waals surface area contributed by atoms with Crippen molar-refractivity contribution in [3.63, 3.8) is 0 Å². The van der Waals surface area contributed by atoms with Gasteiger partial charge >= 0.3 is 6.01 Å². The van der Waals surface area contributed by atoms with E-state index < -0.39 is 0 Å². The molecule has 1 amide bonds. The molecule has 0 spiro atoms. The molecule has 2 aromatic rings. The van der Waals surface area contributed by atoms with Crippen molar-refractivity contribution in [1.82, 2.24) is 15.5 Å². The lowest BCUT2D eigenvalue weighted by Gasteiger charge is -2.00. The van der Waals surface area contributed by atoms with E-state index in [2.05, 4.69) is 20.8 Å². The van der Waals surface area contributed by atoms with Crippen molar-refractivity contribution in [1.29, 1.82) is 0 Å². The lowest BCUT2D eigenvalue weighted by atomic mass is 10.2. The van der Waals surface area contributed by atoms with Crippen LogP contribution in [0.5, 0.6) is 0 Å². The monoisotopic (exact) mass is 318 g/mol. The van der Waals surface area contributed by atoms with Crippen LogP contribution in [0, 0.1) is 12.8 Å². The highest BCUT2D eigenvalue weighted by Crippen LogP contribution is 2.44. The zero-order chi connectivity index (χ0) is 15.1. The minimum Gasteiger partial charge on any atom is -0.408 e. The maximum atomic E-state index is 12.1. The molecule has 0 aromatic carbocycles. The van der Waals surface area contributed by atoms with Gasteiger partial charge in [0.25, 0.3) is 5.91 Å². The lowest BCUT2D eigenvalue weighted by molar-refractivity contribution is 0.102. The largest absolute Gasteiger partial charge is 0.408 e. The Kier molecular flexibility index (Phi) is 3.46. The van der Waals surface area contributed by atoms with E-state index in [1.54, 1.807) is 18.3 Å². The Morgan fingerprint density at radius 1 is 1.45 bits per heavy atom. The molecule has 2 saturated carbocycles. The van der Waals surface area contributed by atoms with Crippen LogP contribution in [0.2, 0.25) is 0 Å². The molecule has 2 unspecified atom stereocenters. The van der Waals surface area contributed by atoms with Gasteiger partial charge in [-0.15, -0.1) is 16.4 Å². The average Bonchev–Trinajstić information content (AvgIpc) is 3.38. The van der Waals surface area contributed by atoms with Gasteiger partial charge in [0, 0.05) is 29.1 Å². The van der Waals surface area contributed by atoms with Crippen LogP contribution in [0.25, 0.3) is 0 Å².